The number of hydrogen-bond acceptors (Lipinski definition) is 3. The monoisotopic (exact) mass is 245 g/mol. The number of nitrogens with one attached hydrogen (secondary N) is 1. The third-order valence-electron chi connectivity index (χ3n) is 1.84. The fourth-order valence-corrected chi connectivity index (χ4v) is 3.79. The minimum Gasteiger partial charge on any atom is -0.315 e. The molecule has 1 rings (SSSR count). The van der Waals surface area contributed by atoms with Gasteiger partial charge < -0.3 is 5.32 Å². The highest BCUT2D eigenvalue weighted by molar-refractivity contribution is 8.06. The molecule has 1 fully saturated rings. The van der Waals surface area contributed by atoms with Crippen LogP contribution in [0.2, 0.25) is 0 Å². The molecule has 0 radical (unpaired) electrons. The van der Waals surface area contributed by atoms with Crippen molar-refractivity contribution in [2.45, 2.75) is 17.8 Å². The fourth-order valence-electron chi connectivity index (χ4n) is 1.15. The highest BCUT2D eigenvalue weighted by atomic mass is 32.2. The Balaban J connectivity index is 1.97. The van der Waals surface area contributed by atoms with Crippen molar-refractivity contribution in [1.82, 2.24) is 5.32 Å². The lowest BCUT2D eigenvalue weighted by molar-refractivity contribution is -0.133. The van der Waals surface area contributed by atoms with Gasteiger partial charge in [0.15, 0.2) is 0 Å². The summed E-state index contributed by atoms with van der Waals surface area (Å²) in [7, 11) is 0. The highest BCUT2D eigenvalue weighted by Crippen LogP contribution is 2.23. The van der Waals surface area contributed by atoms with E-state index in [-0.39, 0.29) is 6.54 Å². The van der Waals surface area contributed by atoms with Crippen LogP contribution >= 0.6 is 23.5 Å². The second kappa shape index (κ2) is 6.12. The van der Waals surface area contributed by atoms with Gasteiger partial charge in [0.25, 0.3) is 0 Å². The van der Waals surface area contributed by atoms with Gasteiger partial charge in [0.2, 0.25) is 0 Å². The molecule has 1 saturated heterocycles. The number of alkyl halides is 3. The third kappa shape index (κ3) is 6.03. The molecule has 0 spiro atoms. The molecule has 0 saturated carbocycles. The van der Waals surface area contributed by atoms with Gasteiger partial charge in [0.05, 0.1) is 6.42 Å². The normalized spacial score (nSPS) is 23.8. The lowest BCUT2D eigenvalue weighted by atomic mass is 10.4. The first kappa shape index (κ1) is 12.5. The van der Waals surface area contributed by atoms with Gasteiger partial charge >= 0.3 is 6.18 Å². The molecule has 0 aliphatic carbocycles. The molecule has 0 bridgehead atoms. The molecule has 0 aromatic heterocycles. The first-order valence-electron chi connectivity index (χ1n) is 4.55. The second-order valence-electron chi connectivity index (χ2n) is 3.14. The van der Waals surface area contributed by atoms with Crippen LogP contribution in [0, 0.1) is 0 Å². The topological polar surface area (TPSA) is 12.0 Å². The fraction of sp³-hybridized carbons (Fsp3) is 1.00. The molecule has 1 nitrogen and oxygen atoms in total. The summed E-state index contributed by atoms with van der Waals surface area (Å²) in [5.74, 6) is 3.35. The van der Waals surface area contributed by atoms with Gasteiger partial charge in [-0.3, -0.25) is 0 Å². The van der Waals surface area contributed by atoms with Gasteiger partial charge in [0.1, 0.15) is 0 Å². The Morgan fingerprint density at radius 2 is 2.07 bits per heavy atom. The molecule has 1 aliphatic heterocycles. The molecule has 0 aromatic rings. The van der Waals surface area contributed by atoms with Crippen LogP contribution in [0.5, 0.6) is 0 Å². The van der Waals surface area contributed by atoms with E-state index < -0.39 is 12.6 Å². The van der Waals surface area contributed by atoms with Crippen molar-refractivity contribution in [2.75, 3.05) is 30.3 Å². The van der Waals surface area contributed by atoms with Gasteiger partial charge in [0, 0.05) is 35.6 Å². The molecule has 1 heterocycles. The molecule has 1 N–H and O–H groups in total. The Bertz CT molecular complexity index is 157. The standard InChI is InChI=1S/C8H14F3NS2/c9-8(10,11)1-2-12-5-7-6-13-3-4-14-7/h7,12H,1-6H2. The van der Waals surface area contributed by atoms with Crippen LogP contribution in [0.4, 0.5) is 13.2 Å². The lowest BCUT2D eigenvalue weighted by Gasteiger charge is -2.21. The van der Waals surface area contributed by atoms with Crippen LogP contribution in [0.25, 0.3) is 0 Å². The molecule has 84 valence electrons. The van der Waals surface area contributed by atoms with E-state index >= 15 is 0 Å². The van der Waals surface area contributed by atoms with Crippen LogP contribution in [0.3, 0.4) is 0 Å². The van der Waals surface area contributed by atoms with E-state index in [0.29, 0.717) is 11.8 Å². The maximum Gasteiger partial charge on any atom is 0.390 e. The van der Waals surface area contributed by atoms with Gasteiger partial charge in [-0.25, -0.2) is 0 Å². The zero-order chi connectivity index (χ0) is 10.4. The maximum absolute atomic E-state index is 11.8. The zero-order valence-corrected chi connectivity index (χ0v) is 9.40. The molecule has 1 unspecified atom stereocenters. The van der Waals surface area contributed by atoms with Crippen molar-refractivity contribution >= 4 is 23.5 Å². The SMILES string of the molecule is FC(F)(F)CCNCC1CSCCS1. The zero-order valence-electron chi connectivity index (χ0n) is 7.77. The number of halogens is 3. The largest absolute Gasteiger partial charge is 0.390 e. The van der Waals surface area contributed by atoms with Gasteiger partial charge in [-0.1, -0.05) is 0 Å². The van der Waals surface area contributed by atoms with Crippen LogP contribution in [-0.4, -0.2) is 41.8 Å². The maximum atomic E-state index is 11.8. The first-order chi connectivity index (χ1) is 6.58. The molecule has 6 heteroatoms. The predicted octanol–water partition coefficient (Wildman–Crippen LogP) is 2.38. The second-order valence-corrected chi connectivity index (χ2v) is 5.70. The van der Waals surface area contributed by atoms with Gasteiger partial charge in [-0.05, 0) is 0 Å². The Morgan fingerprint density at radius 1 is 1.29 bits per heavy atom. The smallest absolute Gasteiger partial charge is 0.315 e. The van der Waals surface area contributed by atoms with Crippen molar-refractivity contribution in [1.29, 1.82) is 0 Å². The van der Waals surface area contributed by atoms with E-state index in [0.717, 1.165) is 11.5 Å². The number of rotatable bonds is 4. The van der Waals surface area contributed by atoms with E-state index in [2.05, 4.69) is 5.32 Å². The molecule has 1 aliphatic rings. The Morgan fingerprint density at radius 3 is 2.64 bits per heavy atom. The van der Waals surface area contributed by atoms with Crippen molar-refractivity contribution < 1.29 is 13.2 Å². The van der Waals surface area contributed by atoms with Crippen LogP contribution in [-0.2, 0) is 0 Å². The third-order valence-corrected chi connectivity index (χ3v) is 4.69. The van der Waals surface area contributed by atoms with E-state index in [1.54, 1.807) is 0 Å². The predicted molar refractivity (Wildman–Crippen MR) is 57.1 cm³/mol. The van der Waals surface area contributed by atoms with Gasteiger partial charge in [-0.2, -0.15) is 36.7 Å². The summed E-state index contributed by atoms with van der Waals surface area (Å²) in [6.07, 6.45) is -4.75. The van der Waals surface area contributed by atoms with Crippen LogP contribution in [0.1, 0.15) is 6.42 Å². The minimum absolute atomic E-state index is 0.0469. The summed E-state index contributed by atoms with van der Waals surface area (Å²) in [5, 5.41) is 3.35. The van der Waals surface area contributed by atoms with E-state index in [1.165, 1.54) is 5.75 Å². The quantitative estimate of drug-likeness (QED) is 0.764. The lowest BCUT2D eigenvalue weighted by Crippen LogP contribution is -2.31. The molecule has 14 heavy (non-hydrogen) atoms. The number of thioether (sulfide) groups is 2. The Labute approximate surface area is 90.6 Å². The number of hydrogen-bond donors (Lipinski definition) is 1. The molecular weight excluding hydrogens is 231 g/mol. The summed E-state index contributed by atoms with van der Waals surface area (Å²) in [5.41, 5.74) is 0. The first-order valence-corrected chi connectivity index (χ1v) is 6.75. The molecule has 0 aromatic carbocycles. The highest BCUT2D eigenvalue weighted by Gasteiger charge is 2.26. The summed E-state index contributed by atoms with van der Waals surface area (Å²) < 4.78 is 35.3. The van der Waals surface area contributed by atoms with Crippen LogP contribution in [0.15, 0.2) is 0 Å². The summed E-state index contributed by atoms with van der Waals surface area (Å²) in [6.45, 7) is 0.749. The van der Waals surface area contributed by atoms with E-state index in [4.69, 9.17) is 0 Å². The van der Waals surface area contributed by atoms with E-state index in [1.807, 2.05) is 23.5 Å². The molecule has 0 amide bonds. The summed E-state index contributed by atoms with van der Waals surface area (Å²) >= 11 is 3.74. The van der Waals surface area contributed by atoms with Crippen molar-refractivity contribution in [3.05, 3.63) is 0 Å². The average Bonchev–Trinajstić information content (AvgIpc) is 2.13. The molecule has 1 atom stereocenters. The van der Waals surface area contributed by atoms with Gasteiger partial charge in [-0.15, -0.1) is 0 Å². The van der Waals surface area contributed by atoms with Crippen molar-refractivity contribution in [3.63, 3.8) is 0 Å². The van der Waals surface area contributed by atoms with E-state index in [9.17, 15) is 13.2 Å². The summed E-state index contributed by atoms with van der Waals surface area (Å²) in [4.78, 5) is 0. The Kier molecular flexibility index (Phi) is 5.48. The molecular formula is C8H14F3NS2. The van der Waals surface area contributed by atoms with Crippen molar-refractivity contribution in [3.8, 4) is 0 Å². The average molecular weight is 245 g/mol. The van der Waals surface area contributed by atoms with Crippen LogP contribution < -0.4 is 5.32 Å². The Hall–Kier alpha value is 0.450. The van der Waals surface area contributed by atoms with Crippen molar-refractivity contribution in [2.24, 2.45) is 0 Å². The summed E-state index contributed by atoms with van der Waals surface area (Å²) in [6, 6.07) is 0. The minimum atomic E-state index is -4.03.